The van der Waals surface area contributed by atoms with Gasteiger partial charge in [0.05, 0.1) is 22.9 Å². The Balaban J connectivity index is 1.46. The lowest BCUT2D eigenvalue weighted by Crippen LogP contribution is -2.43. The van der Waals surface area contributed by atoms with Crippen molar-refractivity contribution in [3.63, 3.8) is 0 Å². The zero-order valence-electron chi connectivity index (χ0n) is 15.3. The summed E-state index contributed by atoms with van der Waals surface area (Å²) >= 11 is 1.46. The molecule has 3 rings (SSSR count). The van der Waals surface area contributed by atoms with Crippen molar-refractivity contribution in [1.29, 1.82) is 0 Å². The molecule has 1 aliphatic heterocycles. The molecule has 2 aromatic carbocycles. The quantitative estimate of drug-likeness (QED) is 0.665. The van der Waals surface area contributed by atoms with Gasteiger partial charge in [0.25, 0.3) is 0 Å². The lowest BCUT2D eigenvalue weighted by Gasteiger charge is -2.28. The molecule has 6 nitrogen and oxygen atoms in total. The van der Waals surface area contributed by atoms with Crippen LogP contribution in [0.3, 0.4) is 0 Å². The molecular formula is C20H22N2O4S2. The van der Waals surface area contributed by atoms with Crippen LogP contribution in [0.4, 0.5) is 5.69 Å². The largest absolute Gasteiger partial charge is 0.355 e. The highest BCUT2D eigenvalue weighted by atomic mass is 32.2. The molecule has 0 fully saturated rings. The van der Waals surface area contributed by atoms with Gasteiger partial charge in [-0.05, 0) is 24.1 Å². The predicted molar refractivity (Wildman–Crippen MR) is 111 cm³/mol. The van der Waals surface area contributed by atoms with Gasteiger partial charge < -0.3 is 10.2 Å². The van der Waals surface area contributed by atoms with Crippen LogP contribution in [0.25, 0.3) is 0 Å². The van der Waals surface area contributed by atoms with E-state index in [1.165, 1.54) is 16.7 Å². The summed E-state index contributed by atoms with van der Waals surface area (Å²) in [5.41, 5.74) is 1.50. The molecule has 2 aromatic rings. The minimum atomic E-state index is -3.23. The van der Waals surface area contributed by atoms with Gasteiger partial charge in [-0.25, -0.2) is 8.42 Å². The molecule has 1 aliphatic rings. The minimum absolute atomic E-state index is 0.00147. The fourth-order valence-corrected chi connectivity index (χ4v) is 5.31. The van der Waals surface area contributed by atoms with Gasteiger partial charge in [0, 0.05) is 11.4 Å². The Bertz CT molecular complexity index is 946. The maximum absolute atomic E-state index is 12.2. The number of amides is 2. The zero-order chi connectivity index (χ0) is 20.0. The number of rotatable bonds is 8. The van der Waals surface area contributed by atoms with E-state index in [4.69, 9.17) is 0 Å². The first-order chi connectivity index (χ1) is 13.4. The minimum Gasteiger partial charge on any atom is -0.355 e. The van der Waals surface area contributed by atoms with Gasteiger partial charge in [0.2, 0.25) is 11.8 Å². The summed E-state index contributed by atoms with van der Waals surface area (Å²) < 4.78 is 24.3. The fourth-order valence-electron chi connectivity index (χ4n) is 2.95. The first-order valence-electron chi connectivity index (χ1n) is 8.98. The molecular weight excluding hydrogens is 396 g/mol. The van der Waals surface area contributed by atoms with Crippen LogP contribution in [-0.4, -0.2) is 44.8 Å². The Hall–Kier alpha value is -2.32. The van der Waals surface area contributed by atoms with Crippen LogP contribution >= 0.6 is 11.8 Å². The van der Waals surface area contributed by atoms with Crippen molar-refractivity contribution >= 4 is 39.1 Å². The first kappa shape index (κ1) is 20.4. The molecule has 0 radical (unpaired) electrons. The summed E-state index contributed by atoms with van der Waals surface area (Å²) in [6.07, 6.45) is 0.335. The number of para-hydroxylation sites is 1. The number of hydrogen-bond acceptors (Lipinski definition) is 5. The first-order valence-corrected chi connectivity index (χ1v) is 11.8. The average Bonchev–Trinajstić information content (AvgIpc) is 2.68. The highest BCUT2D eigenvalue weighted by molar-refractivity contribution is 8.00. The Morgan fingerprint density at radius 1 is 1.07 bits per heavy atom. The van der Waals surface area contributed by atoms with Gasteiger partial charge in [-0.1, -0.05) is 42.5 Å². The summed E-state index contributed by atoms with van der Waals surface area (Å²) in [6.45, 7) is 0.193. The number of benzene rings is 2. The SMILES string of the molecule is O=C(CN1C(=O)CSc2ccccc21)NCCCS(=O)(=O)Cc1ccccc1. The molecule has 1 heterocycles. The molecule has 1 N–H and O–H groups in total. The van der Waals surface area contributed by atoms with Gasteiger partial charge >= 0.3 is 0 Å². The topological polar surface area (TPSA) is 83.6 Å². The lowest BCUT2D eigenvalue weighted by molar-refractivity contribution is -0.122. The number of sulfone groups is 1. The van der Waals surface area contributed by atoms with Crippen LogP contribution in [0, 0.1) is 0 Å². The molecule has 0 saturated heterocycles. The molecule has 0 atom stereocenters. The van der Waals surface area contributed by atoms with E-state index >= 15 is 0 Å². The van der Waals surface area contributed by atoms with Gasteiger partial charge in [-0.2, -0.15) is 0 Å². The second-order valence-electron chi connectivity index (χ2n) is 6.52. The van der Waals surface area contributed by atoms with Crippen molar-refractivity contribution in [2.75, 3.05) is 29.5 Å². The number of anilines is 1. The van der Waals surface area contributed by atoms with E-state index in [2.05, 4.69) is 5.32 Å². The van der Waals surface area contributed by atoms with Crippen molar-refractivity contribution in [2.45, 2.75) is 17.1 Å². The Labute approximate surface area is 169 Å². The third-order valence-corrected chi connectivity index (χ3v) is 7.03. The number of hydrogen-bond donors (Lipinski definition) is 1. The van der Waals surface area contributed by atoms with Crippen molar-refractivity contribution in [3.05, 3.63) is 60.2 Å². The van der Waals surface area contributed by atoms with E-state index in [9.17, 15) is 18.0 Å². The zero-order valence-corrected chi connectivity index (χ0v) is 17.0. The van der Waals surface area contributed by atoms with E-state index in [1.54, 1.807) is 12.1 Å². The van der Waals surface area contributed by atoms with Crippen molar-refractivity contribution in [2.24, 2.45) is 0 Å². The van der Waals surface area contributed by atoms with Crippen molar-refractivity contribution in [1.82, 2.24) is 5.32 Å². The van der Waals surface area contributed by atoms with Crippen LogP contribution in [0.15, 0.2) is 59.5 Å². The highest BCUT2D eigenvalue weighted by Gasteiger charge is 2.26. The van der Waals surface area contributed by atoms with Crippen LogP contribution in [0.2, 0.25) is 0 Å². The molecule has 0 spiro atoms. The predicted octanol–water partition coefficient (Wildman–Crippen LogP) is 2.25. The number of fused-ring (bicyclic) bond motifs is 1. The number of thioether (sulfide) groups is 1. The monoisotopic (exact) mass is 418 g/mol. The fraction of sp³-hybridized carbons (Fsp3) is 0.300. The van der Waals surface area contributed by atoms with E-state index in [0.29, 0.717) is 12.2 Å². The van der Waals surface area contributed by atoms with Crippen LogP contribution < -0.4 is 10.2 Å². The van der Waals surface area contributed by atoms with Gasteiger partial charge in [0.15, 0.2) is 9.84 Å². The molecule has 2 amide bonds. The normalized spacial score (nSPS) is 13.9. The van der Waals surface area contributed by atoms with E-state index in [-0.39, 0.29) is 36.4 Å². The van der Waals surface area contributed by atoms with Crippen LogP contribution in [0.5, 0.6) is 0 Å². The second-order valence-corrected chi connectivity index (χ2v) is 9.72. The van der Waals surface area contributed by atoms with Crippen LogP contribution in [0.1, 0.15) is 12.0 Å². The Morgan fingerprint density at radius 2 is 1.79 bits per heavy atom. The molecule has 0 bridgehead atoms. The van der Waals surface area contributed by atoms with Crippen LogP contribution in [-0.2, 0) is 25.2 Å². The molecule has 0 saturated carbocycles. The third kappa shape index (κ3) is 5.59. The standard InChI is InChI=1S/C20H22N2O4S2/c23-19(13-22-17-9-4-5-10-18(17)27-14-20(22)24)21-11-6-12-28(25,26)15-16-7-2-1-3-8-16/h1-5,7-10H,6,11-15H2,(H,21,23). The summed E-state index contributed by atoms with van der Waals surface area (Å²) in [5.74, 6) is -0.0926. The maximum Gasteiger partial charge on any atom is 0.240 e. The van der Waals surface area contributed by atoms with E-state index in [1.807, 2.05) is 42.5 Å². The number of carbonyl (C=O) groups is 2. The highest BCUT2D eigenvalue weighted by Crippen LogP contribution is 2.34. The van der Waals surface area contributed by atoms with E-state index < -0.39 is 9.84 Å². The van der Waals surface area contributed by atoms with Gasteiger partial charge in [-0.3, -0.25) is 9.59 Å². The number of carbonyl (C=O) groups excluding carboxylic acids is 2. The van der Waals surface area contributed by atoms with Gasteiger partial charge in [0.1, 0.15) is 6.54 Å². The summed E-state index contributed by atoms with van der Waals surface area (Å²) in [7, 11) is -3.23. The van der Waals surface area contributed by atoms with Gasteiger partial charge in [-0.15, -0.1) is 11.8 Å². The molecule has 0 aromatic heterocycles. The second kappa shape index (κ2) is 9.25. The lowest BCUT2D eigenvalue weighted by atomic mass is 10.2. The smallest absolute Gasteiger partial charge is 0.240 e. The third-order valence-electron chi connectivity index (χ3n) is 4.29. The number of nitrogens with one attached hydrogen (secondary N) is 1. The van der Waals surface area contributed by atoms with Crippen molar-refractivity contribution in [3.8, 4) is 0 Å². The van der Waals surface area contributed by atoms with Crippen molar-refractivity contribution < 1.29 is 18.0 Å². The van der Waals surface area contributed by atoms with E-state index in [0.717, 1.165) is 16.1 Å². The maximum atomic E-state index is 12.2. The summed E-state index contributed by atoms with van der Waals surface area (Å²) in [6, 6.07) is 16.5. The number of nitrogens with zero attached hydrogens (tertiary/aromatic N) is 1. The molecule has 8 heteroatoms. The molecule has 28 heavy (non-hydrogen) atoms. The Morgan fingerprint density at radius 3 is 2.57 bits per heavy atom. The summed E-state index contributed by atoms with van der Waals surface area (Å²) in [5, 5.41) is 2.71. The summed E-state index contributed by atoms with van der Waals surface area (Å²) in [4.78, 5) is 26.8. The average molecular weight is 419 g/mol. The molecule has 148 valence electrons. The Kier molecular flexibility index (Phi) is 6.74. The molecule has 0 aliphatic carbocycles. The molecule has 0 unspecified atom stereocenters.